The third kappa shape index (κ3) is 4.75. The highest BCUT2D eigenvalue weighted by Crippen LogP contribution is 2.35. The first-order chi connectivity index (χ1) is 10.7. The van der Waals surface area contributed by atoms with Crippen molar-refractivity contribution in [2.24, 2.45) is 0 Å². The van der Waals surface area contributed by atoms with E-state index in [0.29, 0.717) is 0 Å². The molecule has 2 aromatic rings. The summed E-state index contributed by atoms with van der Waals surface area (Å²) in [6, 6.07) is 22.8. The van der Waals surface area contributed by atoms with Crippen LogP contribution in [0, 0.1) is 0 Å². The fourth-order valence-electron chi connectivity index (χ4n) is 2.47. The Balaban J connectivity index is 2.10. The molecule has 0 saturated carbocycles. The highest BCUT2D eigenvalue weighted by Gasteiger charge is 2.28. The van der Waals surface area contributed by atoms with Gasteiger partial charge in [-0.15, -0.1) is 0 Å². The zero-order valence-corrected chi connectivity index (χ0v) is 15.6. The van der Waals surface area contributed by atoms with Gasteiger partial charge in [-0.25, -0.2) is 0 Å². The molecule has 22 heavy (non-hydrogen) atoms. The summed E-state index contributed by atoms with van der Waals surface area (Å²) in [7, 11) is 1.28. The van der Waals surface area contributed by atoms with Gasteiger partial charge in [0.1, 0.15) is 0 Å². The standard InChI is InChI=1S/C18H25O2PSi/c1-19-22(3,20-2)16-10-15-21(17-11-6-4-7-12-17)18-13-8-5-9-14-18/h4-9,11-14H,10,15-16H2,1-3H3. The summed E-state index contributed by atoms with van der Waals surface area (Å²) < 4.78 is 11.2. The van der Waals surface area contributed by atoms with Crippen molar-refractivity contribution < 1.29 is 8.85 Å². The molecule has 0 aliphatic rings. The fraction of sp³-hybridized carbons (Fsp3) is 0.333. The Labute approximate surface area is 136 Å². The van der Waals surface area contributed by atoms with E-state index in [1.807, 2.05) is 0 Å². The molecular formula is C18H25O2PSi. The molecule has 0 spiro atoms. The van der Waals surface area contributed by atoms with E-state index in [1.54, 1.807) is 14.2 Å². The minimum absolute atomic E-state index is 0.303. The largest absolute Gasteiger partial charge is 0.398 e. The topological polar surface area (TPSA) is 18.5 Å². The summed E-state index contributed by atoms with van der Waals surface area (Å²) in [4.78, 5) is 0. The van der Waals surface area contributed by atoms with Crippen molar-refractivity contribution in [1.29, 1.82) is 0 Å². The predicted molar refractivity (Wildman–Crippen MR) is 99.0 cm³/mol. The van der Waals surface area contributed by atoms with Gasteiger partial charge in [0.05, 0.1) is 0 Å². The van der Waals surface area contributed by atoms with Crippen LogP contribution in [0.5, 0.6) is 0 Å². The first-order valence-electron chi connectivity index (χ1n) is 7.66. The number of hydrogen-bond acceptors (Lipinski definition) is 2. The monoisotopic (exact) mass is 332 g/mol. The molecule has 0 aliphatic heterocycles. The average Bonchev–Trinajstić information content (AvgIpc) is 2.60. The second kappa shape index (κ2) is 8.59. The van der Waals surface area contributed by atoms with Gasteiger partial charge in [0.2, 0.25) is 0 Å². The first kappa shape index (κ1) is 17.4. The van der Waals surface area contributed by atoms with Crippen molar-refractivity contribution in [2.75, 3.05) is 20.4 Å². The molecule has 0 heterocycles. The molecule has 0 fully saturated rings. The maximum atomic E-state index is 5.60. The SMILES string of the molecule is CO[Si](C)(CCCP(c1ccccc1)c1ccccc1)OC. The molecule has 2 nitrogen and oxygen atoms in total. The van der Waals surface area contributed by atoms with Gasteiger partial charge in [0, 0.05) is 14.2 Å². The van der Waals surface area contributed by atoms with E-state index in [9.17, 15) is 0 Å². The average molecular weight is 332 g/mol. The Bertz CT molecular complexity index is 504. The molecule has 2 aromatic carbocycles. The Morgan fingerprint density at radius 3 is 1.68 bits per heavy atom. The zero-order chi connectivity index (χ0) is 15.8. The van der Waals surface area contributed by atoms with E-state index >= 15 is 0 Å². The van der Waals surface area contributed by atoms with Crippen molar-refractivity contribution >= 4 is 27.1 Å². The molecule has 0 N–H and O–H groups in total. The normalized spacial score (nSPS) is 11.8. The summed E-state index contributed by atoms with van der Waals surface area (Å²) in [6.07, 6.45) is 2.32. The van der Waals surface area contributed by atoms with Crippen LogP contribution in [-0.4, -0.2) is 28.9 Å². The van der Waals surface area contributed by atoms with Crippen LogP contribution in [0.4, 0.5) is 0 Å². The second-order valence-electron chi connectivity index (χ2n) is 5.47. The highest BCUT2D eigenvalue weighted by atomic mass is 31.1. The molecule has 0 unspecified atom stereocenters. The van der Waals surface area contributed by atoms with Crippen LogP contribution in [0.2, 0.25) is 12.6 Å². The van der Waals surface area contributed by atoms with Crippen LogP contribution >= 0.6 is 7.92 Å². The lowest BCUT2D eigenvalue weighted by Gasteiger charge is -2.24. The number of hydrogen-bond donors (Lipinski definition) is 0. The molecule has 0 aromatic heterocycles. The number of rotatable bonds is 8. The molecule has 4 heteroatoms. The molecule has 0 saturated heterocycles. The summed E-state index contributed by atoms with van der Waals surface area (Å²) in [6.45, 7) is 2.14. The van der Waals surface area contributed by atoms with Crippen LogP contribution in [-0.2, 0) is 8.85 Å². The Kier molecular flexibility index (Phi) is 6.78. The smallest absolute Gasteiger partial charge is 0.334 e. The quantitative estimate of drug-likeness (QED) is 0.540. The lowest BCUT2D eigenvalue weighted by molar-refractivity contribution is 0.249. The Hall–Kier alpha value is -0.993. The second-order valence-corrected chi connectivity index (χ2v) is 11.4. The van der Waals surface area contributed by atoms with Gasteiger partial charge in [0.15, 0.2) is 0 Å². The van der Waals surface area contributed by atoms with Crippen molar-refractivity contribution in [2.45, 2.75) is 19.0 Å². The fourth-order valence-corrected chi connectivity index (χ4v) is 6.51. The molecule has 0 radical (unpaired) electrons. The van der Waals surface area contributed by atoms with Crippen LogP contribution in [0.25, 0.3) is 0 Å². The van der Waals surface area contributed by atoms with Crippen LogP contribution in [0.15, 0.2) is 60.7 Å². The summed E-state index contributed by atoms with van der Waals surface area (Å²) in [5, 5.41) is 2.89. The van der Waals surface area contributed by atoms with Gasteiger partial charge in [-0.1, -0.05) is 60.7 Å². The van der Waals surface area contributed by atoms with E-state index in [1.165, 1.54) is 16.8 Å². The minimum Gasteiger partial charge on any atom is -0.398 e. The zero-order valence-electron chi connectivity index (χ0n) is 13.7. The third-order valence-electron chi connectivity index (χ3n) is 4.01. The van der Waals surface area contributed by atoms with Crippen LogP contribution < -0.4 is 10.6 Å². The highest BCUT2D eigenvalue weighted by molar-refractivity contribution is 7.73. The van der Waals surface area contributed by atoms with Crippen molar-refractivity contribution in [3.63, 3.8) is 0 Å². The van der Waals surface area contributed by atoms with Gasteiger partial charge < -0.3 is 8.85 Å². The Morgan fingerprint density at radius 2 is 1.27 bits per heavy atom. The summed E-state index contributed by atoms with van der Waals surface area (Å²) in [5.74, 6) is 0. The van der Waals surface area contributed by atoms with Gasteiger partial charge in [-0.05, 0) is 43.7 Å². The minimum atomic E-state index is -1.96. The molecule has 0 amide bonds. The van der Waals surface area contributed by atoms with Crippen LogP contribution in [0.3, 0.4) is 0 Å². The maximum Gasteiger partial charge on any atom is 0.334 e. The lowest BCUT2D eigenvalue weighted by Crippen LogP contribution is -2.36. The number of benzene rings is 2. The van der Waals surface area contributed by atoms with Gasteiger partial charge >= 0.3 is 8.56 Å². The van der Waals surface area contributed by atoms with E-state index in [-0.39, 0.29) is 7.92 Å². The lowest BCUT2D eigenvalue weighted by atomic mass is 10.4. The van der Waals surface area contributed by atoms with E-state index in [0.717, 1.165) is 12.5 Å². The van der Waals surface area contributed by atoms with Crippen molar-refractivity contribution in [3.05, 3.63) is 60.7 Å². The van der Waals surface area contributed by atoms with Gasteiger partial charge in [0.25, 0.3) is 0 Å². The van der Waals surface area contributed by atoms with Gasteiger partial charge in [-0.3, -0.25) is 0 Å². The van der Waals surface area contributed by atoms with E-state index < -0.39 is 8.56 Å². The molecular weight excluding hydrogens is 307 g/mol. The van der Waals surface area contributed by atoms with Crippen molar-refractivity contribution in [1.82, 2.24) is 0 Å². The summed E-state index contributed by atoms with van der Waals surface area (Å²) in [5.41, 5.74) is 0. The third-order valence-corrected chi connectivity index (χ3v) is 9.61. The Morgan fingerprint density at radius 1 is 0.818 bits per heavy atom. The molecule has 118 valence electrons. The van der Waals surface area contributed by atoms with E-state index in [4.69, 9.17) is 8.85 Å². The summed E-state index contributed by atoms with van der Waals surface area (Å²) >= 11 is 0. The van der Waals surface area contributed by atoms with Crippen molar-refractivity contribution in [3.8, 4) is 0 Å². The van der Waals surface area contributed by atoms with Crippen LogP contribution in [0.1, 0.15) is 6.42 Å². The molecule has 0 bridgehead atoms. The maximum absolute atomic E-state index is 5.60. The predicted octanol–water partition coefficient (Wildman–Crippen LogP) is 3.87. The molecule has 0 aliphatic carbocycles. The first-order valence-corrected chi connectivity index (χ1v) is 11.7. The molecule has 2 rings (SSSR count). The van der Waals surface area contributed by atoms with E-state index in [2.05, 4.69) is 67.2 Å². The molecule has 0 atom stereocenters. The van der Waals surface area contributed by atoms with Gasteiger partial charge in [-0.2, -0.15) is 0 Å².